The molecule has 3 aromatic rings. The summed E-state index contributed by atoms with van der Waals surface area (Å²) in [7, 11) is 1.62. The van der Waals surface area contributed by atoms with Gasteiger partial charge in [-0.2, -0.15) is 0 Å². The van der Waals surface area contributed by atoms with Crippen LogP contribution >= 0.6 is 15.9 Å². The van der Waals surface area contributed by atoms with E-state index in [4.69, 9.17) is 9.47 Å². The summed E-state index contributed by atoms with van der Waals surface area (Å²) in [5.74, 6) is 1.24. The predicted molar refractivity (Wildman–Crippen MR) is 113 cm³/mol. The second kappa shape index (κ2) is 6.94. The lowest BCUT2D eigenvalue weighted by Gasteiger charge is -2.40. The summed E-state index contributed by atoms with van der Waals surface area (Å²) in [4.78, 5) is 13.0. The molecule has 0 saturated heterocycles. The van der Waals surface area contributed by atoms with Crippen molar-refractivity contribution in [3.05, 3.63) is 70.0 Å². The Bertz CT molecular complexity index is 1090. The second-order valence-corrected chi connectivity index (χ2v) is 8.54. The van der Waals surface area contributed by atoms with Gasteiger partial charge in [0.2, 0.25) is 0 Å². The van der Waals surface area contributed by atoms with Crippen LogP contribution in [-0.4, -0.2) is 27.2 Å². The molecule has 146 valence electrons. The number of ether oxygens (including phenoxy) is 2. The number of fused-ring (bicyclic) bond motifs is 3. The lowest BCUT2D eigenvalue weighted by molar-refractivity contribution is 0.0227. The molecule has 6 heteroatoms. The molecule has 2 aromatic carbocycles. The number of rotatable bonds is 3. The van der Waals surface area contributed by atoms with Crippen LogP contribution in [0.2, 0.25) is 0 Å². The highest BCUT2D eigenvalue weighted by Crippen LogP contribution is 2.44. The first kappa shape index (κ1) is 19.0. The molecule has 28 heavy (non-hydrogen) atoms. The number of halogens is 1. The first-order valence-electron chi connectivity index (χ1n) is 9.13. The molecule has 1 N–H and O–H groups in total. The Labute approximate surface area is 171 Å². The van der Waals surface area contributed by atoms with Crippen LogP contribution in [0.3, 0.4) is 0 Å². The highest BCUT2D eigenvalue weighted by molar-refractivity contribution is 9.09. The fourth-order valence-electron chi connectivity index (χ4n) is 3.69. The minimum atomic E-state index is -0.960. The van der Waals surface area contributed by atoms with Gasteiger partial charge in [-0.1, -0.05) is 40.2 Å². The van der Waals surface area contributed by atoms with E-state index < -0.39 is 16.5 Å². The van der Waals surface area contributed by atoms with Crippen LogP contribution < -0.4 is 15.0 Å². The summed E-state index contributed by atoms with van der Waals surface area (Å²) in [5.41, 5.74) is 1.16. The van der Waals surface area contributed by atoms with Crippen LogP contribution in [0.5, 0.6) is 11.5 Å². The van der Waals surface area contributed by atoms with Crippen LogP contribution in [0.15, 0.2) is 53.3 Å². The number of alkyl halides is 1. The number of pyridine rings is 1. The highest BCUT2D eigenvalue weighted by Gasteiger charge is 2.44. The van der Waals surface area contributed by atoms with Gasteiger partial charge >= 0.3 is 0 Å². The average Bonchev–Trinajstić information content (AvgIpc) is 2.69. The van der Waals surface area contributed by atoms with E-state index in [0.29, 0.717) is 17.9 Å². The van der Waals surface area contributed by atoms with Crippen LogP contribution in [-0.2, 0) is 6.54 Å². The number of aromatic nitrogens is 1. The minimum Gasteiger partial charge on any atom is -0.497 e. The molecule has 4 rings (SSSR count). The molecule has 0 amide bonds. The van der Waals surface area contributed by atoms with Gasteiger partial charge in [0.1, 0.15) is 23.2 Å². The molecule has 5 nitrogen and oxygen atoms in total. The Hall–Kier alpha value is -2.31. The molecule has 1 aromatic heterocycles. The third-order valence-electron chi connectivity index (χ3n) is 5.26. The average molecular weight is 444 g/mol. The van der Waals surface area contributed by atoms with Crippen LogP contribution in [0.1, 0.15) is 31.1 Å². The Morgan fingerprint density at radius 2 is 1.86 bits per heavy atom. The van der Waals surface area contributed by atoms with Crippen molar-refractivity contribution in [1.82, 2.24) is 4.57 Å². The fraction of sp³-hybridized carbons (Fsp3) is 0.318. The van der Waals surface area contributed by atoms with Crippen molar-refractivity contribution < 1.29 is 14.6 Å². The van der Waals surface area contributed by atoms with Gasteiger partial charge in [0.25, 0.3) is 5.56 Å². The zero-order chi connectivity index (χ0) is 20.1. The molecule has 0 aliphatic carbocycles. The number of para-hydroxylation sites is 1. The van der Waals surface area contributed by atoms with E-state index in [1.54, 1.807) is 11.7 Å². The number of methoxy groups -OCH3 is 1. The summed E-state index contributed by atoms with van der Waals surface area (Å²) in [6, 6.07) is 15.3. The lowest BCUT2D eigenvalue weighted by Crippen LogP contribution is -2.48. The van der Waals surface area contributed by atoms with Gasteiger partial charge in [0, 0.05) is 5.39 Å². The molecule has 0 bridgehead atoms. The molecule has 0 fully saturated rings. The highest BCUT2D eigenvalue weighted by atomic mass is 79.9. The molecule has 0 spiro atoms. The predicted octanol–water partition coefficient (Wildman–Crippen LogP) is 4.03. The smallest absolute Gasteiger partial charge is 0.260 e. The first-order chi connectivity index (χ1) is 13.3. The Morgan fingerprint density at radius 3 is 2.54 bits per heavy atom. The van der Waals surface area contributed by atoms with E-state index in [-0.39, 0.29) is 5.56 Å². The number of nitrogens with zero attached hydrogens (tertiary/aromatic N) is 1. The maximum absolute atomic E-state index is 13.4. The maximum atomic E-state index is 13.4. The number of aliphatic hydroxyl groups excluding tert-OH is 1. The summed E-state index contributed by atoms with van der Waals surface area (Å²) in [6.07, 6.45) is -0.960. The largest absolute Gasteiger partial charge is 0.497 e. The summed E-state index contributed by atoms with van der Waals surface area (Å²) < 4.78 is 13.1. The zero-order valence-electron chi connectivity index (χ0n) is 16.0. The SMILES string of the molecule is COc1ccc(Cn2c(=O)c3c(c4ccccc42)OC(C)(C)[C@H](Br)[C@H]3O)cc1. The van der Waals surface area contributed by atoms with Gasteiger partial charge in [0.15, 0.2) is 0 Å². The van der Waals surface area contributed by atoms with E-state index in [1.165, 1.54) is 0 Å². The molecule has 1 aliphatic heterocycles. The van der Waals surface area contributed by atoms with Gasteiger partial charge in [0.05, 0.1) is 29.6 Å². The van der Waals surface area contributed by atoms with E-state index in [0.717, 1.165) is 22.2 Å². The normalized spacial score (nSPS) is 20.5. The number of aliphatic hydroxyl groups is 1. The summed E-state index contributed by atoms with van der Waals surface area (Å²) >= 11 is 3.51. The van der Waals surface area contributed by atoms with Crippen molar-refractivity contribution in [2.45, 2.75) is 36.9 Å². The molecular formula is C22H22BrNO4. The Kier molecular flexibility index (Phi) is 4.71. The quantitative estimate of drug-likeness (QED) is 0.620. The Morgan fingerprint density at radius 1 is 1.18 bits per heavy atom. The molecule has 2 heterocycles. The van der Waals surface area contributed by atoms with Gasteiger partial charge in [-0.05, 0) is 43.7 Å². The molecular weight excluding hydrogens is 422 g/mol. The monoisotopic (exact) mass is 443 g/mol. The van der Waals surface area contributed by atoms with Crippen molar-refractivity contribution in [2.75, 3.05) is 7.11 Å². The fourth-order valence-corrected chi connectivity index (χ4v) is 4.04. The van der Waals surface area contributed by atoms with E-state index in [1.807, 2.05) is 62.4 Å². The first-order valence-corrected chi connectivity index (χ1v) is 10.0. The Balaban J connectivity index is 1.93. The summed E-state index contributed by atoms with van der Waals surface area (Å²) in [6.45, 7) is 4.19. The topological polar surface area (TPSA) is 60.7 Å². The second-order valence-electron chi connectivity index (χ2n) is 7.55. The van der Waals surface area contributed by atoms with Gasteiger partial charge < -0.3 is 19.1 Å². The third-order valence-corrected chi connectivity index (χ3v) is 6.86. The van der Waals surface area contributed by atoms with Crippen molar-refractivity contribution in [2.24, 2.45) is 0 Å². The third kappa shape index (κ3) is 3.01. The van der Waals surface area contributed by atoms with E-state index in [9.17, 15) is 9.90 Å². The van der Waals surface area contributed by atoms with Gasteiger partial charge in [-0.15, -0.1) is 0 Å². The van der Waals surface area contributed by atoms with Gasteiger partial charge in [-0.3, -0.25) is 4.79 Å². The molecule has 0 unspecified atom stereocenters. The summed E-state index contributed by atoms with van der Waals surface area (Å²) in [5, 5.41) is 11.7. The van der Waals surface area contributed by atoms with Crippen molar-refractivity contribution in [3.8, 4) is 11.5 Å². The van der Waals surface area contributed by atoms with Crippen molar-refractivity contribution in [3.63, 3.8) is 0 Å². The number of benzene rings is 2. The number of hydrogen-bond acceptors (Lipinski definition) is 4. The van der Waals surface area contributed by atoms with E-state index >= 15 is 0 Å². The van der Waals surface area contributed by atoms with Crippen molar-refractivity contribution >= 4 is 26.8 Å². The van der Waals surface area contributed by atoms with Gasteiger partial charge in [-0.25, -0.2) is 0 Å². The zero-order valence-corrected chi connectivity index (χ0v) is 17.6. The minimum absolute atomic E-state index is 0.239. The number of hydrogen-bond donors (Lipinski definition) is 1. The van der Waals surface area contributed by atoms with Crippen LogP contribution in [0.4, 0.5) is 0 Å². The molecule has 1 aliphatic rings. The van der Waals surface area contributed by atoms with Crippen LogP contribution in [0, 0.1) is 0 Å². The standard InChI is InChI=1S/C22H22BrNO4/c1-22(2)20(23)18(25)17-19(28-22)15-6-4-5-7-16(15)24(21(17)26)12-13-8-10-14(27-3)11-9-13/h4-11,18,20,25H,12H2,1-3H3/t18-,20+/m0/s1. The van der Waals surface area contributed by atoms with E-state index in [2.05, 4.69) is 15.9 Å². The molecule has 2 atom stereocenters. The lowest BCUT2D eigenvalue weighted by atomic mass is 9.91. The van der Waals surface area contributed by atoms with Crippen LogP contribution in [0.25, 0.3) is 10.9 Å². The maximum Gasteiger partial charge on any atom is 0.260 e. The molecule has 0 radical (unpaired) electrons. The molecule has 0 saturated carbocycles. The van der Waals surface area contributed by atoms with Crippen molar-refractivity contribution in [1.29, 1.82) is 0 Å².